The van der Waals surface area contributed by atoms with Crippen LogP contribution in [0, 0.1) is 29.6 Å². The van der Waals surface area contributed by atoms with E-state index in [-0.39, 0.29) is 36.2 Å². The van der Waals surface area contributed by atoms with Crippen molar-refractivity contribution in [2.24, 2.45) is 39.8 Å². The summed E-state index contributed by atoms with van der Waals surface area (Å²) in [7, 11) is 5.40. The molecule has 11 nitrogen and oxygen atoms in total. The second-order valence-corrected chi connectivity index (χ2v) is 16.5. The number of benzene rings is 5. The normalized spacial score (nSPS) is 24.6. The smallest absolute Gasteiger partial charge is 0.246 e. The first-order valence-corrected chi connectivity index (χ1v) is 20.5. The summed E-state index contributed by atoms with van der Waals surface area (Å²) >= 11 is 6.44. The van der Waals surface area contributed by atoms with Crippen LogP contribution in [0.5, 0.6) is 11.5 Å². The van der Waals surface area contributed by atoms with Gasteiger partial charge in [0.2, 0.25) is 23.6 Å². The Kier molecular flexibility index (Phi) is 10.2. The van der Waals surface area contributed by atoms with Gasteiger partial charge in [-0.3, -0.25) is 24.1 Å². The molecule has 2 aliphatic heterocycles. The van der Waals surface area contributed by atoms with Crippen LogP contribution in [0.1, 0.15) is 24.0 Å². The zero-order chi connectivity index (χ0) is 42.6. The van der Waals surface area contributed by atoms with Gasteiger partial charge in [0.05, 0.1) is 53.0 Å². The predicted octanol–water partition coefficient (Wildman–Crippen LogP) is 9.45. The molecule has 6 unspecified atom stereocenters. The van der Waals surface area contributed by atoms with Gasteiger partial charge in [0.1, 0.15) is 0 Å². The minimum atomic E-state index is -1.41. The Labute approximate surface area is 358 Å². The van der Waals surface area contributed by atoms with Crippen molar-refractivity contribution in [3.8, 4) is 11.5 Å². The van der Waals surface area contributed by atoms with E-state index in [1.807, 2.05) is 91.8 Å². The molecule has 2 heterocycles. The lowest BCUT2D eigenvalue weighted by Crippen LogP contribution is -2.54. The molecule has 4 aliphatic rings. The van der Waals surface area contributed by atoms with Crippen molar-refractivity contribution >= 4 is 69.7 Å². The molecule has 1 N–H and O–H groups in total. The van der Waals surface area contributed by atoms with Gasteiger partial charge in [-0.2, -0.15) is 10.2 Å². The average Bonchev–Trinajstić information content (AvgIpc) is 3.66. The molecule has 0 radical (unpaired) electrons. The molecular weight excluding hydrogens is 790 g/mol. The topological polar surface area (TPSA) is 132 Å². The lowest BCUT2D eigenvalue weighted by Gasteiger charge is -2.49. The maximum absolute atomic E-state index is 15.4. The van der Waals surface area contributed by atoms with Gasteiger partial charge in [0, 0.05) is 30.7 Å². The SMILES string of the molecule is COc1cc(C=CC2C3=CCC4C(=O)N(c5ccc(N=Nc6ccc(N(C)C)cc6)cc5)C(=O)C4C3CC3C(=O)N(c4cccc(Cl)c4)C(=O)C23c2ccccc2)ccc1O. The van der Waals surface area contributed by atoms with E-state index in [4.69, 9.17) is 16.3 Å². The molecule has 0 bridgehead atoms. The van der Waals surface area contributed by atoms with Crippen molar-refractivity contribution in [1.29, 1.82) is 0 Å². The van der Waals surface area contributed by atoms with Gasteiger partial charge in [-0.1, -0.05) is 77.9 Å². The largest absolute Gasteiger partial charge is 0.504 e. The Morgan fingerprint density at radius 1 is 0.770 bits per heavy atom. The fourth-order valence-electron chi connectivity index (χ4n) is 9.85. The summed E-state index contributed by atoms with van der Waals surface area (Å²) in [4.78, 5) is 64.0. The van der Waals surface area contributed by atoms with Gasteiger partial charge in [-0.25, -0.2) is 4.90 Å². The number of allylic oxidation sites excluding steroid dienone is 3. The van der Waals surface area contributed by atoms with Gasteiger partial charge < -0.3 is 14.7 Å². The minimum absolute atomic E-state index is 0.0213. The van der Waals surface area contributed by atoms with E-state index in [2.05, 4.69) is 10.2 Å². The molecule has 4 amide bonds. The van der Waals surface area contributed by atoms with Crippen molar-refractivity contribution in [1.82, 2.24) is 0 Å². The summed E-state index contributed by atoms with van der Waals surface area (Å²) in [5, 5.41) is 19.4. The number of rotatable bonds is 9. The number of phenols is 1. The Morgan fingerprint density at radius 3 is 2.15 bits per heavy atom. The molecule has 1 saturated carbocycles. The third-order valence-electron chi connectivity index (χ3n) is 12.7. The third kappa shape index (κ3) is 6.60. The molecule has 2 saturated heterocycles. The number of halogens is 1. The van der Waals surface area contributed by atoms with Gasteiger partial charge in [0.15, 0.2) is 11.5 Å². The molecular formula is C49H42ClN5O6. The Morgan fingerprint density at radius 2 is 1.48 bits per heavy atom. The summed E-state index contributed by atoms with van der Waals surface area (Å²) in [6.45, 7) is 0. The monoisotopic (exact) mass is 831 g/mol. The zero-order valence-electron chi connectivity index (χ0n) is 33.7. The first kappa shape index (κ1) is 39.6. The van der Waals surface area contributed by atoms with Crippen LogP contribution in [0.3, 0.4) is 0 Å². The van der Waals surface area contributed by atoms with Crippen molar-refractivity contribution in [3.05, 3.63) is 155 Å². The molecule has 61 heavy (non-hydrogen) atoms. The van der Waals surface area contributed by atoms with Crippen LogP contribution in [0.25, 0.3) is 6.08 Å². The molecule has 5 aromatic carbocycles. The lowest BCUT2D eigenvalue weighted by molar-refractivity contribution is -0.128. The van der Waals surface area contributed by atoms with Gasteiger partial charge in [-0.15, -0.1) is 0 Å². The fraction of sp³-hybridized carbons (Fsp3) is 0.224. The van der Waals surface area contributed by atoms with Gasteiger partial charge >= 0.3 is 0 Å². The van der Waals surface area contributed by atoms with Crippen LogP contribution in [-0.4, -0.2) is 49.9 Å². The Bertz CT molecular complexity index is 2660. The van der Waals surface area contributed by atoms with Crippen molar-refractivity contribution in [2.45, 2.75) is 18.3 Å². The molecule has 9 rings (SSSR count). The van der Waals surface area contributed by atoms with E-state index >= 15 is 4.79 Å². The highest BCUT2D eigenvalue weighted by atomic mass is 35.5. The standard InChI is InChI=1S/C49H42ClN5O6/c1-53(2)34-18-14-32(15-19-34)51-52-33-16-20-35(21-17-33)54-45(57)38-23-22-37-39(44(38)47(54)59)28-41-46(58)55(36-11-7-10-31(50)27-36)48(60)49(41,30-8-5-4-6-9-30)40(37)24-12-29-13-25-42(56)43(26-29)61-3/h4-22,24-27,38-41,44,56H,23,28H2,1-3H3. The van der Waals surface area contributed by atoms with Crippen LogP contribution < -0.4 is 19.4 Å². The molecule has 3 fully saturated rings. The van der Waals surface area contributed by atoms with Crippen LogP contribution in [0.4, 0.5) is 28.4 Å². The van der Waals surface area contributed by atoms with E-state index in [9.17, 15) is 19.5 Å². The second-order valence-electron chi connectivity index (χ2n) is 16.1. The van der Waals surface area contributed by atoms with Crippen LogP contribution in [0.2, 0.25) is 5.02 Å². The number of amides is 4. The number of methoxy groups -OCH3 is 1. The fourth-order valence-corrected chi connectivity index (χ4v) is 10.0. The molecule has 5 aromatic rings. The molecule has 12 heteroatoms. The highest BCUT2D eigenvalue weighted by molar-refractivity contribution is 6.32. The number of fused-ring (bicyclic) bond motifs is 4. The third-order valence-corrected chi connectivity index (χ3v) is 12.9. The number of phenolic OH excluding ortho intramolecular Hbond substituents is 1. The predicted molar refractivity (Wildman–Crippen MR) is 234 cm³/mol. The number of carbonyl (C=O) groups is 4. The van der Waals surface area contributed by atoms with Crippen molar-refractivity contribution in [2.75, 3.05) is 35.9 Å². The summed E-state index contributed by atoms with van der Waals surface area (Å²) in [6, 6.07) is 35.5. The van der Waals surface area contributed by atoms with Gasteiger partial charge in [0.25, 0.3) is 0 Å². The molecule has 306 valence electrons. The maximum Gasteiger partial charge on any atom is 0.246 e. The number of imide groups is 2. The number of ether oxygens (including phenoxy) is 1. The highest BCUT2D eigenvalue weighted by Crippen LogP contribution is 2.62. The zero-order valence-corrected chi connectivity index (χ0v) is 34.4. The Balaban J connectivity index is 1.10. The molecule has 6 atom stereocenters. The number of aromatic hydroxyl groups is 1. The van der Waals surface area contributed by atoms with E-state index in [0.717, 1.165) is 11.3 Å². The lowest BCUT2D eigenvalue weighted by atomic mass is 9.50. The van der Waals surface area contributed by atoms with Crippen LogP contribution in [-0.2, 0) is 24.6 Å². The minimum Gasteiger partial charge on any atom is -0.504 e. The number of anilines is 3. The number of nitrogens with zero attached hydrogens (tertiary/aromatic N) is 5. The summed E-state index contributed by atoms with van der Waals surface area (Å²) in [5.74, 6) is -4.74. The maximum atomic E-state index is 15.4. The van der Waals surface area contributed by atoms with E-state index in [0.29, 0.717) is 38.9 Å². The van der Waals surface area contributed by atoms with Crippen molar-refractivity contribution < 1.29 is 29.0 Å². The number of hydrogen-bond acceptors (Lipinski definition) is 9. The van der Waals surface area contributed by atoms with E-state index in [1.54, 1.807) is 60.7 Å². The first-order chi connectivity index (χ1) is 29.5. The number of azo groups is 1. The van der Waals surface area contributed by atoms with Crippen LogP contribution in [0.15, 0.2) is 149 Å². The summed E-state index contributed by atoms with van der Waals surface area (Å²) in [6.07, 6.45) is 6.25. The molecule has 0 aromatic heterocycles. The molecule has 2 aliphatic carbocycles. The summed E-state index contributed by atoms with van der Waals surface area (Å²) < 4.78 is 5.39. The van der Waals surface area contributed by atoms with Gasteiger partial charge in [-0.05, 0) is 109 Å². The summed E-state index contributed by atoms with van der Waals surface area (Å²) in [5.41, 5.74) is 3.85. The second kappa shape index (κ2) is 15.6. The Hall–Kier alpha value is -6.85. The van der Waals surface area contributed by atoms with E-state index in [1.165, 1.54) is 23.0 Å². The number of carbonyl (C=O) groups excluding carboxylic acids is 4. The van der Waals surface area contributed by atoms with E-state index < -0.39 is 46.8 Å². The quantitative estimate of drug-likeness (QED) is 0.0890. The van der Waals surface area contributed by atoms with Crippen LogP contribution >= 0.6 is 11.6 Å². The number of hydrogen-bond donors (Lipinski definition) is 1. The molecule has 0 spiro atoms. The average molecular weight is 832 g/mol. The first-order valence-electron chi connectivity index (χ1n) is 20.1. The highest BCUT2D eigenvalue weighted by Gasteiger charge is 2.69. The van der Waals surface area contributed by atoms with Crippen molar-refractivity contribution in [3.63, 3.8) is 0 Å².